The van der Waals surface area contributed by atoms with Gasteiger partial charge in [-0.3, -0.25) is 9.48 Å². The normalized spacial score (nSPS) is 17.2. The number of aliphatic hydroxyl groups excluding tert-OH is 1. The van der Waals surface area contributed by atoms with Gasteiger partial charge in [-0.1, -0.05) is 6.07 Å². The molecule has 0 aromatic carbocycles. The van der Waals surface area contributed by atoms with Gasteiger partial charge < -0.3 is 10.0 Å². The van der Waals surface area contributed by atoms with Crippen molar-refractivity contribution in [2.75, 3.05) is 13.1 Å². The first kappa shape index (κ1) is 17.2. The van der Waals surface area contributed by atoms with E-state index in [0.717, 1.165) is 42.2 Å². The summed E-state index contributed by atoms with van der Waals surface area (Å²) in [6.07, 6.45) is 1.83. The lowest BCUT2D eigenvalue weighted by Crippen LogP contribution is -2.40. The van der Waals surface area contributed by atoms with Crippen LogP contribution in [-0.4, -0.2) is 38.8 Å². The number of piperidine rings is 1. The van der Waals surface area contributed by atoms with E-state index in [4.69, 9.17) is 0 Å². The highest BCUT2D eigenvalue weighted by atomic mass is 32.1. The Balaban J connectivity index is 1.47. The van der Waals surface area contributed by atoms with Gasteiger partial charge in [0.1, 0.15) is 0 Å². The Labute approximate surface area is 146 Å². The van der Waals surface area contributed by atoms with Crippen LogP contribution in [0.3, 0.4) is 0 Å². The average molecular weight is 347 g/mol. The van der Waals surface area contributed by atoms with E-state index in [2.05, 4.69) is 5.10 Å². The Kier molecular flexibility index (Phi) is 5.36. The van der Waals surface area contributed by atoms with Crippen molar-refractivity contribution in [3.63, 3.8) is 0 Å². The number of nitrogens with zero attached hydrogens (tertiary/aromatic N) is 3. The van der Waals surface area contributed by atoms with E-state index in [1.807, 2.05) is 47.0 Å². The van der Waals surface area contributed by atoms with Crippen LogP contribution in [0.15, 0.2) is 23.6 Å². The number of amides is 1. The van der Waals surface area contributed by atoms with Gasteiger partial charge in [0, 0.05) is 36.6 Å². The molecular formula is C18H25N3O2S. The zero-order chi connectivity index (χ0) is 17.1. The number of aliphatic hydroxyl groups is 1. The molecule has 0 aliphatic carbocycles. The minimum atomic E-state index is -0.392. The van der Waals surface area contributed by atoms with Crippen molar-refractivity contribution in [1.82, 2.24) is 14.7 Å². The summed E-state index contributed by atoms with van der Waals surface area (Å²) < 4.78 is 1.90. The van der Waals surface area contributed by atoms with Gasteiger partial charge in [0.05, 0.1) is 11.8 Å². The van der Waals surface area contributed by atoms with Crippen LogP contribution in [0.2, 0.25) is 0 Å². The number of hydrogen-bond donors (Lipinski definition) is 1. The number of carbonyl (C=O) groups excluding carboxylic acids is 1. The topological polar surface area (TPSA) is 58.4 Å². The minimum Gasteiger partial charge on any atom is -0.387 e. The highest BCUT2D eigenvalue weighted by Crippen LogP contribution is 2.33. The number of likely N-dealkylation sites (tertiary alicyclic amines) is 1. The predicted molar refractivity (Wildman–Crippen MR) is 94.9 cm³/mol. The number of aryl methyl sites for hydroxylation is 3. The first-order chi connectivity index (χ1) is 11.5. The molecule has 2 aromatic rings. The van der Waals surface area contributed by atoms with E-state index >= 15 is 0 Å². The van der Waals surface area contributed by atoms with E-state index in [9.17, 15) is 9.90 Å². The molecule has 24 heavy (non-hydrogen) atoms. The smallest absolute Gasteiger partial charge is 0.224 e. The first-order valence-corrected chi connectivity index (χ1v) is 9.43. The Hall–Kier alpha value is -1.66. The third-order valence-electron chi connectivity index (χ3n) is 4.81. The highest BCUT2D eigenvalue weighted by molar-refractivity contribution is 7.10. The van der Waals surface area contributed by atoms with E-state index in [0.29, 0.717) is 13.0 Å². The first-order valence-electron chi connectivity index (χ1n) is 8.55. The maximum Gasteiger partial charge on any atom is 0.224 e. The second kappa shape index (κ2) is 7.49. The lowest BCUT2D eigenvalue weighted by Gasteiger charge is -2.34. The molecule has 1 N–H and O–H groups in total. The van der Waals surface area contributed by atoms with Crippen LogP contribution in [0.25, 0.3) is 0 Å². The molecule has 5 nitrogen and oxygen atoms in total. The standard InChI is InChI=1S/C18H25N3O2S/c1-13-12-14(2)21(19-13)10-7-17(22)20-8-5-15(6-9-20)18(23)16-4-3-11-24-16/h3-4,11-12,15,18,23H,5-10H2,1-2H3/t18-/m1/s1. The summed E-state index contributed by atoms with van der Waals surface area (Å²) in [4.78, 5) is 15.4. The van der Waals surface area contributed by atoms with Gasteiger partial charge in [0.15, 0.2) is 0 Å². The molecule has 0 bridgehead atoms. The minimum absolute atomic E-state index is 0.187. The van der Waals surface area contributed by atoms with Gasteiger partial charge in [-0.2, -0.15) is 5.10 Å². The number of aromatic nitrogens is 2. The third-order valence-corrected chi connectivity index (χ3v) is 5.76. The molecule has 1 saturated heterocycles. The maximum atomic E-state index is 12.4. The molecule has 130 valence electrons. The molecule has 1 atom stereocenters. The fraction of sp³-hybridized carbons (Fsp3) is 0.556. The molecule has 0 unspecified atom stereocenters. The molecule has 0 saturated carbocycles. The molecule has 0 spiro atoms. The van der Waals surface area contributed by atoms with Crippen LogP contribution in [0.1, 0.15) is 41.6 Å². The molecule has 3 heterocycles. The SMILES string of the molecule is Cc1cc(C)n(CCC(=O)N2CCC([C@@H](O)c3cccs3)CC2)n1. The van der Waals surface area contributed by atoms with Crippen molar-refractivity contribution in [1.29, 1.82) is 0 Å². The largest absolute Gasteiger partial charge is 0.387 e. The van der Waals surface area contributed by atoms with Gasteiger partial charge in [-0.05, 0) is 50.1 Å². The monoisotopic (exact) mass is 347 g/mol. The van der Waals surface area contributed by atoms with Crippen LogP contribution < -0.4 is 0 Å². The van der Waals surface area contributed by atoms with Crippen molar-refractivity contribution < 1.29 is 9.90 Å². The molecule has 1 aliphatic heterocycles. The van der Waals surface area contributed by atoms with E-state index in [1.54, 1.807) is 11.3 Å². The molecule has 1 aliphatic rings. The third kappa shape index (κ3) is 3.87. The van der Waals surface area contributed by atoms with Crippen LogP contribution in [0, 0.1) is 19.8 Å². The Morgan fingerprint density at radius 2 is 2.17 bits per heavy atom. The summed E-state index contributed by atoms with van der Waals surface area (Å²) in [5.41, 5.74) is 2.08. The fourth-order valence-corrected chi connectivity index (χ4v) is 4.22. The Morgan fingerprint density at radius 1 is 1.42 bits per heavy atom. The Morgan fingerprint density at radius 3 is 2.75 bits per heavy atom. The summed E-state index contributed by atoms with van der Waals surface area (Å²) >= 11 is 1.60. The van der Waals surface area contributed by atoms with Crippen LogP contribution >= 0.6 is 11.3 Å². The highest BCUT2D eigenvalue weighted by Gasteiger charge is 2.28. The van der Waals surface area contributed by atoms with Crippen LogP contribution in [0.5, 0.6) is 0 Å². The van der Waals surface area contributed by atoms with E-state index in [1.165, 1.54) is 0 Å². The predicted octanol–water partition coefficient (Wildman–Crippen LogP) is 2.92. The number of carbonyl (C=O) groups is 1. The van der Waals surface area contributed by atoms with Crippen molar-refractivity contribution >= 4 is 17.2 Å². The van der Waals surface area contributed by atoms with Gasteiger partial charge in [0.2, 0.25) is 5.91 Å². The second-order valence-electron chi connectivity index (χ2n) is 6.58. The number of thiophene rings is 1. The maximum absolute atomic E-state index is 12.4. The van der Waals surface area contributed by atoms with Crippen molar-refractivity contribution in [3.8, 4) is 0 Å². The lowest BCUT2D eigenvalue weighted by atomic mass is 9.90. The lowest BCUT2D eigenvalue weighted by molar-refractivity contribution is -0.133. The average Bonchev–Trinajstić information content (AvgIpc) is 3.22. The molecule has 1 fully saturated rings. The summed E-state index contributed by atoms with van der Waals surface area (Å²) in [6, 6.07) is 5.99. The van der Waals surface area contributed by atoms with Gasteiger partial charge in [-0.25, -0.2) is 0 Å². The fourth-order valence-electron chi connectivity index (χ4n) is 3.42. The van der Waals surface area contributed by atoms with Gasteiger partial charge in [-0.15, -0.1) is 11.3 Å². The van der Waals surface area contributed by atoms with Crippen LogP contribution in [-0.2, 0) is 11.3 Å². The molecular weight excluding hydrogens is 322 g/mol. The molecule has 2 aromatic heterocycles. The quantitative estimate of drug-likeness (QED) is 0.905. The summed E-state index contributed by atoms with van der Waals surface area (Å²) in [7, 11) is 0. The molecule has 1 amide bonds. The van der Waals surface area contributed by atoms with Crippen molar-refractivity contribution in [2.24, 2.45) is 5.92 Å². The van der Waals surface area contributed by atoms with Crippen molar-refractivity contribution in [3.05, 3.63) is 39.8 Å². The zero-order valence-corrected chi connectivity index (χ0v) is 15.1. The molecule has 0 radical (unpaired) electrons. The summed E-state index contributed by atoms with van der Waals surface area (Å²) in [5.74, 6) is 0.440. The zero-order valence-electron chi connectivity index (χ0n) is 14.3. The van der Waals surface area contributed by atoms with E-state index in [-0.39, 0.29) is 11.8 Å². The summed E-state index contributed by atoms with van der Waals surface area (Å²) in [6.45, 7) is 6.10. The number of hydrogen-bond acceptors (Lipinski definition) is 4. The molecule has 3 rings (SSSR count). The van der Waals surface area contributed by atoms with Gasteiger partial charge >= 0.3 is 0 Å². The number of rotatable bonds is 5. The molecule has 6 heteroatoms. The van der Waals surface area contributed by atoms with Crippen LogP contribution in [0.4, 0.5) is 0 Å². The Bertz CT molecular complexity index is 673. The van der Waals surface area contributed by atoms with Gasteiger partial charge in [0.25, 0.3) is 0 Å². The second-order valence-corrected chi connectivity index (χ2v) is 7.56. The summed E-state index contributed by atoms with van der Waals surface area (Å²) in [5, 5.41) is 16.8. The van der Waals surface area contributed by atoms with Crippen molar-refractivity contribution in [2.45, 2.75) is 45.8 Å². The van der Waals surface area contributed by atoms with E-state index < -0.39 is 6.10 Å².